The van der Waals surface area contributed by atoms with Crippen LogP contribution in [-0.4, -0.2) is 16.2 Å². The molecule has 2 rings (SSSR count). The van der Waals surface area contributed by atoms with Gasteiger partial charge in [0.2, 0.25) is 0 Å². The SMILES string of the molecule is Clc1snnc1COCC1CCCCC1. The molecule has 0 aliphatic heterocycles. The van der Waals surface area contributed by atoms with Crippen LogP contribution in [0.5, 0.6) is 0 Å². The largest absolute Gasteiger partial charge is 0.375 e. The number of hydrogen-bond acceptors (Lipinski definition) is 4. The van der Waals surface area contributed by atoms with E-state index >= 15 is 0 Å². The Morgan fingerprint density at radius 3 is 2.80 bits per heavy atom. The number of rotatable bonds is 4. The molecule has 1 aromatic heterocycles. The second-order valence-electron chi connectivity index (χ2n) is 4.01. The molecule has 0 aromatic carbocycles. The fourth-order valence-corrected chi connectivity index (χ4v) is 2.56. The summed E-state index contributed by atoms with van der Waals surface area (Å²) in [6.45, 7) is 1.35. The van der Waals surface area contributed by atoms with E-state index in [-0.39, 0.29) is 0 Å². The Bertz CT molecular complexity index is 299. The van der Waals surface area contributed by atoms with Gasteiger partial charge in [-0.2, -0.15) is 0 Å². The lowest BCUT2D eigenvalue weighted by Crippen LogP contribution is -2.13. The summed E-state index contributed by atoms with van der Waals surface area (Å²) in [5.74, 6) is 0.740. The molecular formula is C10H15ClN2OS. The van der Waals surface area contributed by atoms with Gasteiger partial charge in [0.15, 0.2) is 0 Å². The summed E-state index contributed by atoms with van der Waals surface area (Å²) < 4.78 is 10.0. The summed E-state index contributed by atoms with van der Waals surface area (Å²) in [7, 11) is 0. The van der Waals surface area contributed by atoms with Crippen LogP contribution in [0.3, 0.4) is 0 Å². The Labute approximate surface area is 99.0 Å². The molecule has 1 aromatic rings. The summed E-state index contributed by atoms with van der Waals surface area (Å²) in [6.07, 6.45) is 6.71. The standard InChI is InChI=1S/C10H15ClN2OS/c11-10-9(12-13-15-10)7-14-6-8-4-2-1-3-5-8/h8H,1-7H2. The van der Waals surface area contributed by atoms with Crippen LogP contribution in [0.1, 0.15) is 37.8 Å². The van der Waals surface area contributed by atoms with Gasteiger partial charge in [0.05, 0.1) is 6.61 Å². The predicted molar refractivity (Wildman–Crippen MR) is 61.2 cm³/mol. The zero-order valence-corrected chi connectivity index (χ0v) is 10.2. The van der Waals surface area contributed by atoms with Gasteiger partial charge < -0.3 is 4.74 Å². The summed E-state index contributed by atoms with van der Waals surface area (Å²) in [5.41, 5.74) is 0.775. The molecule has 5 heteroatoms. The van der Waals surface area contributed by atoms with Crippen molar-refractivity contribution in [3.05, 3.63) is 10.0 Å². The summed E-state index contributed by atoms with van der Waals surface area (Å²) in [4.78, 5) is 0. The third-order valence-corrected chi connectivity index (χ3v) is 3.81. The highest BCUT2D eigenvalue weighted by molar-refractivity contribution is 7.10. The maximum absolute atomic E-state index is 5.87. The van der Waals surface area contributed by atoms with E-state index in [4.69, 9.17) is 16.3 Å². The van der Waals surface area contributed by atoms with E-state index in [1.54, 1.807) is 0 Å². The van der Waals surface area contributed by atoms with E-state index in [9.17, 15) is 0 Å². The van der Waals surface area contributed by atoms with Crippen LogP contribution < -0.4 is 0 Å². The zero-order chi connectivity index (χ0) is 10.5. The van der Waals surface area contributed by atoms with Crippen LogP contribution in [0.2, 0.25) is 4.34 Å². The van der Waals surface area contributed by atoms with E-state index in [1.165, 1.54) is 43.6 Å². The highest BCUT2D eigenvalue weighted by Gasteiger charge is 2.14. The number of halogens is 1. The molecule has 0 spiro atoms. The van der Waals surface area contributed by atoms with Crippen LogP contribution in [0.25, 0.3) is 0 Å². The fourth-order valence-electron chi connectivity index (χ4n) is 1.96. The molecule has 1 saturated carbocycles. The van der Waals surface area contributed by atoms with Gasteiger partial charge in [0.25, 0.3) is 0 Å². The normalized spacial score (nSPS) is 18.2. The smallest absolute Gasteiger partial charge is 0.139 e. The van der Waals surface area contributed by atoms with Crippen molar-refractivity contribution in [2.24, 2.45) is 5.92 Å². The van der Waals surface area contributed by atoms with Gasteiger partial charge in [-0.05, 0) is 18.8 Å². The van der Waals surface area contributed by atoms with Crippen molar-refractivity contribution in [2.45, 2.75) is 38.7 Å². The van der Waals surface area contributed by atoms with Crippen molar-refractivity contribution in [2.75, 3.05) is 6.61 Å². The van der Waals surface area contributed by atoms with E-state index in [0.29, 0.717) is 10.9 Å². The number of hydrogen-bond donors (Lipinski definition) is 0. The van der Waals surface area contributed by atoms with Crippen molar-refractivity contribution in [3.63, 3.8) is 0 Å². The molecule has 84 valence electrons. The molecule has 3 nitrogen and oxygen atoms in total. The van der Waals surface area contributed by atoms with Gasteiger partial charge in [0.1, 0.15) is 10.0 Å². The lowest BCUT2D eigenvalue weighted by atomic mass is 9.90. The molecule has 1 fully saturated rings. The van der Waals surface area contributed by atoms with Crippen molar-refractivity contribution >= 4 is 23.1 Å². The van der Waals surface area contributed by atoms with E-state index in [1.807, 2.05) is 0 Å². The van der Waals surface area contributed by atoms with Gasteiger partial charge in [-0.3, -0.25) is 0 Å². The second kappa shape index (κ2) is 5.77. The highest BCUT2D eigenvalue weighted by Crippen LogP contribution is 2.24. The predicted octanol–water partition coefficient (Wildman–Crippen LogP) is 3.29. The fraction of sp³-hybridized carbons (Fsp3) is 0.800. The quantitative estimate of drug-likeness (QED) is 0.818. The van der Waals surface area contributed by atoms with Gasteiger partial charge in [-0.25, -0.2) is 0 Å². The first-order valence-electron chi connectivity index (χ1n) is 5.40. The van der Waals surface area contributed by atoms with Crippen molar-refractivity contribution in [3.8, 4) is 0 Å². The summed E-state index contributed by atoms with van der Waals surface area (Å²) in [6, 6.07) is 0. The van der Waals surface area contributed by atoms with Crippen molar-refractivity contribution < 1.29 is 4.74 Å². The molecule has 0 radical (unpaired) electrons. The molecule has 0 atom stereocenters. The van der Waals surface area contributed by atoms with Crippen LogP contribution in [0.4, 0.5) is 0 Å². The zero-order valence-electron chi connectivity index (χ0n) is 8.62. The van der Waals surface area contributed by atoms with Crippen LogP contribution in [0, 0.1) is 5.92 Å². The third kappa shape index (κ3) is 3.40. The maximum atomic E-state index is 5.87. The Hall–Kier alpha value is -0.190. The molecular weight excluding hydrogens is 232 g/mol. The second-order valence-corrected chi connectivity index (χ2v) is 5.37. The number of aromatic nitrogens is 2. The topological polar surface area (TPSA) is 35.0 Å². The third-order valence-electron chi connectivity index (χ3n) is 2.83. The average Bonchev–Trinajstić information content (AvgIpc) is 2.66. The summed E-state index contributed by atoms with van der Waals surface area (Å²) >= 11 is 7.09. The molecule has 0 unspecified atom stereocenters. The first-order valence-corrected chi connectivity index (χ1v) is 6.56. The first kappa shape index (κ1) is 11.3. The Kier molecular flexibility index (Phi) is 4.35. The van der Waals surface area contributed by atoms with E-state index in [0.717, 1.165) is 18.2 Å². The molecule has 0 bridgehead atoms. The Balaban J connectivity index is 1.68. The average molecular weight is 247 g/mol. The molecule has 1 aliphatic carbocycles. The Morgan fingerprint density at radius 1 is 1.33 bits per heavy atom. The minimum atomic E-state index is 0.506. The highest BCUT2D eigenvalue weighted by atomic mass is 35.5. The first-order chi connectivity index (χ1) is 7.36. The minimum Gasteiger partial charge on any atom is -0.375 e. The van der Waals surface area contributed by atoms with E-state index in [2.05, 4.69) is 9.59 Å². The molecule has 0 amide bonds. The molecule has 0 saturated heterocycles. The number of nitrogens with zero attached hydrogens (tertiary/aromatic N) is 2. The summed E-state index contributed by atoms with van der Waals surface area (Å²) in [5, 5.41) is 3.91. The van der Waals surface area contributed by atoms with Gasteiger partial charge in [-0.1, -0.05) is 35.4 Å². The van der Waals surface area contributed by atoms with Crippen LogP contribution in [-0.2, 0) is 11.3 Å². The van der Waals surface area contributed by atoms with Gasteiger partial charge >= 0.3 is 0 Å². The van der Waals surface area contributed by atoms with Crippen LogP contribution in [0.15, 0.2) is 0 Å². The Morgan fingerprint density at radius 2 is 2.13 bits per heavy atom. The van der Waals surface area contributed by atoms with Gasteiger partial charge in [0, 0.05) is 18.1 Å². The lowest BCUT2D eigenvalue weighted by molar-refractivity contribution is 0.0720. The maximum Gasteiger partial charge on any atom is 0.139 e. The number of ether oxygens (including phenoxy) is 1. The molecule has 15 heavy (non-hydrogen) atoms. The monoisotopic (exact) mass is 246 g/mol. The van der Waals surface area contributed by atoms with Crippen molar-refractivity contribution in [1.29, 1.82) is 0 Å². The minimum absolute atomic E-state index is 0.506. The van der Waals surface area contributed by atoms with Crippen molar-refractivity contribution in [1.82, 2.24) is 9.59 Å². The van der Waals surface area contributed by atoms with Crippen LogP contribution >= 0.6 is 23.1 Å². The van der Waals surface area contributed by atoms with E-state index < -0.39 is 0 Å². The molecule has 1 heterocycles. The van der Waals surface area contributed by atoms with Gasteiger partial charge in [-0.15, -0.1) is 5.10 Å². The molecule has 0 N–H and O–H groups in total. The lowest BCUT2D eigenvalue weighted by Gasteiger charge is -2.20. The molecule has 1 aliphatic rings.